The summed E-state index contributed by atoms with van der Waals surface area (Å²) in [6, 6.07) is 0. The van der Waals surface area contributed by atoms with Crippen molar-refractivity contribution in [2.24, 2.45) is 5.92 Å². The van der Waals surface area contributed by atoms with Gasteiger partial charge in [-0.2, -0.15) is 12.5 Å². The molecule has 0 aromatic rings. The van der Waals surface area contributed by atoms with Crippen LogP contribution in [0.1, 0.15) is 78.1 Å². The van der Waals surface area contributed by atoms with Gasteiger partial charge in [-0.1, -0.05) is 71.1 Å². The first kappa shape index (κ1) is 26.6. The zero-order valence-corrected chi connectivity index (χ0v) is 17.6. The Morgan fingerprint density at radius 3 is 2.29 bits per heavy atom. The first-order valence-corrected chi connectivity index (χ1v) is 8.03. The summed E-state index contributed by atoms with van der Waals surface area (Å²) in [5.41, 5.74) is 2.93. The maximum absolute atomic E-state index is 11.8. The minimum Gasteiger partial charge on any atom is -0.862 e. The van der Waals surface area contributed by atoms with Crippen LogP contribution in [-0.4, -0.2) is 6.10 Å². The summed E-state index contributed by atoms with van der Waals surface area (Å²) >= 11 is 0. The van der Waals surface area contributed by atoms with E-state index in [1.165, 1.54) is 32.1 Å². The van der Waals surface area contributed by atoms with Crippen LogP contribution in [0.4, 0.5) is 0 Å². The average molecular weight is 336 g/mol. The molecule has 3 heteroatoms. The van der Waals surface area contributed by atoms with Crippen LogP contribution in [0.15, 0.2) is 11.8 Å². The van der Waals surface area contributed by atoms with E-state index in [9.17, 15) is 5.11 Å². The predicted octanol–water partition coefficient (Wildman–Crippen LogP) is 1.62. The van der Waals surface area contributed by atoms with E-state index in [2.05, 4.69) is 32.6 Å². The molecule has 1 atom stereocenters. The van der Waals surface area contributed by atoms with Crippen molar-refractivity contribution in [1.82, 2.24) is 0 Å². The van der Waals surface area contributed by atoms with Crippen molar-refractivity contribution >= 4 is 0 Å². The SMILES string of the molecule is CCCC[C-]=C=CC([O-])C1CCCCC1.[CH2-]CCC.[Li+].[Zn+2]. The van der Waals surface area contributed by atoms with E-state index in [-0.39, 0.29) is 38.3 Å². The fourth-order valence-electron chi connectivity index (χ4n) is 2.08. The zero-order valence-electron chi connectivity index (χ0n) is 14.6. The molecule has 0 aliphatic heterocycles. The van der Waals surface area contributed by atoms with Crippen molar-refractivity contribution in [2.75, 3.05) is 0 Å². The maximum atomic E-state index is 11.8. The Kier molecular flexibility index (Phi) is 26.2. The van der Waals surface area contributed by atoms with Crippen LogP contribution < -0.4 is 24.0 Å². The Balaban J connectivity index is -0.000000482. The van der Waals surface area contributed by atoms with E-state index < -0.39 is 6.10 Å². The van der Waals surface area contributed by atoms with Gasteiger partial charge in [0.2, 0.25) is 0 Å². The number of hydrogen-bond donors (Lipinski definition) is 0. The largest absolute Gasteiger partial charge is 2.00 e. The van der Waals surface area contributed by atoms with Gasteiger partial charge in [0.1, 0.15) is 0 Å². The Morgan fingerprint density at radius 2 is 1.81 bits per heavy atom. The van der Waals surface area contributed by atoms with E-state index >= 15 is 0 Å². The van der Waals surface area contributed by atoms with Crippen molar-refractivity contribution in [1.29, 1.82) is 0 Å². The van der Waals surface area contributed by atoms with E-state index in [0.29, 0.717) is 5.92 Å². The van der Waals surface area contributed by atoms with Gasteiger partial charge in [-0.3, -0.25) is 0 Å². The van der Waals surface area contributed by atoms with Gasteiger partial charge < -0.3 is 17.8 Å². The van der Waals surface area contributed by atoms with Gasteiger partial charge in [0, 0.05) is 0 Å². The summed E-state index contributed by atoms with van der Waals surface area (Å²) in [6.07, 6.45) is 15.7. The van der Waals surface area contributed by atoms with Crippen LogP contribution in [0.2, 0.25) is 0 Å². The Morgan fingerprint density at radius 1 is 1.24 bits per heavy atom. The maximum Gasteiger partial charge on any atom is 2.00 e. The Hall–Kier alpha value is 0.701. The van der Waals surface area contributed by atoms with E-state index in [4.69, 9.17) is 0 Å². The summed E-state index contributed by atoms with van der Waals surface area (Å²) in [5.74, 6) is 0.360. The summed E-state index contributed by atoms with van der Waals surface area (Å²) in [5, 5.41) is 11.8. The van der Waals surface area contributed by atoms with Gasteiger partial charge in [-0.25, -0.2) is 12.2 Å². The normalized spacial score (nSPS) is 15.2. The third-order valence-electron chi connectivity index (χ3n) is 3.47. The molecule has 0 bridgehead atoms. The van der Waals surface area contributed by atoms with Gasteiger partial charge in [-0.05, 0) is 0 Å². The molecule has 1 unspecified atom stereocenters. The molecule has 0 N–H and O–H groups in total. The molecule has 1 aliphatic carbocycles. The minimum absolute atomic E-state index is 0. The van der Waals surface area contributed by atoms with Crippen LogP contribution >= 0.6 is 0 Å². The molecule has 112 valence electrons. The van der Waals surface area contributed by atoms with Gasteiger partial charge in [-0.15, -0.1) is 6.42 Å². The van der Waals surface area contributed by atoms with Crippen molar-refractivity contribution in [3.8, 4) is 0 Å². The minimum atomic E-state index is -0.542. The van der Waals surface area contributed by atoms with Crippen LogP contribution in [0, 0.1) is 18.9 Å². The molecule has 0 saturated heterocycles. The predicted molar refractivity (Wildman–Crippen MR) is 81.5 cm³/mol. The van der Waals surface area contributed by atoms with Gasteiger partial charge in [0.25, 0.3) is 0 Å². The monoisotopic (exact) mass is 334 g/mol. The van der Waals surface area contributed by atoms with Crippen molar-refractivity contribution in [2.45, 2.75) is 84.2 Å². The first-order valence-electron chi connectivity index (χ1n) is 8.03. The first-order chi connectivity index (χ1) is 9.26. The molecule has 0 aromatic heterocycles. The smallest absolute Gasteiger partial charge is 0.862 e. The topological polar surface area (TPSA) is 23.1 Å². The molecule has 0 heterocycles. The summed E-state index contributed by atoms with van der Waals surface area (Å²) < 4.78 is 0. The van der Waals surface area contributed by atoms with Crippen molar-refractivity contribution in [3.05, 3.63) is 24.8 Å². The Bertz CT molecular complexity index is 242. The standard InChI is InChI=1S/C14H22O.C4H9.Li.Zn/c1-2-3-4-5-9-12-14(15)13-10-7-6-8-11-13;1-3-4-2;;/h12-14H,2-4,6-8,10-11H2,1H3;1,3-4H2,2H3;;/q-2;-1;+1;+2. The van der Waals surface area contributed by atoms with Gasteiger partial charge in [0.05, 0.1) is 0 Å². The van der Waals surface area contributed by atoms with Crippen molar-refractivity contribution in [3.63, 3.8) is 0 Å². The molecule has 1 fully saturated rings. The number of hydrogen-bond acceptors (Lipinski definition) is 1. The quantitative estimate of drug-likeness (QED) is 0.313. The molecule has 1 rings (SSSR count). The Labute approximate surface area is 158 Å². The van der Waals surface area contributed by atoms with Gasteiger partial charge in [0.15, 0.2) is 0 Å². The van der Waals surface area contributed by atoms with Crippen LogP contribution in [-0.2, 0) is 19.5 Å². The number of rotatable bonds is 6. The molecular formula is C18H31LiOZn. The molecule has 0 radical (unpaired) electrons. The fourth-order valence-corrected chi connectivity index (χ4v) is 2.08. The summed E-state index contributed by atoms with van der Waals surface area (Å²) in [6.45, 7) is 7.88. The molecule has 0 amide bonds. The molecule has 1 saturated carbocycles. The third-order valence-corrected chi connectivity index (χ3v) is 3.47. The van der Waals surface area contributed by atoms with Gasteiger partial charge >= 0.3 is 38.3 Å². The summed E-state index contributed by atoms with van der Waals surface area (Å²) in [4.78, 5) is 0. The zero-order chi connectivity index (χ0) is 14.3. The van der Waals surface area contributed by atoms with E-state index in [1.54, 1.807) is 6.08 Å². The average Bonchev–Trinajstić information content (AvgIpc) is 2.48. The number of unbranched alkanes of at least 4 members (excludes halogenated alkanes) is 3. The molecule has 1 nitrogen and oxygen atoms in total. The second kappa shape index (κ2) is 20.7. The second-order valence-electron chi connectivity index (χ2n) is 5.31. The molecule has 0 aromatic carbocycles. The second-order valence-corrected chi connectivity index (χ2v) is 5.31. The molecule has 21 heavy (non-hydrogen) atoms. The van der Waals surface area contributed by atoms with E-state index in [0.717, 1.165) is 32.1 Å². The molecular weight excluding hydrogens is 305 g/mol. The molecule has 1 aliphatic rings. The van der Waals surface area contributed by atoms with Crippen LogP contribution in [0.5, 0.6) is 0 Å². The third kappa shape index (κ3) is 16.9. The van der Waals surface area contributed by atoms with Crippen molar-refractivity contribution < 1.29 is 43.4 Å². The fraction of sp³-hybridized carbons (Fsp3) is 0.778. The van der Waals surface area contributed by atoms with E-state index in [1.807, 2.05) is 0 Å². The van der Waals surface area contributed by atoms with Crippen LogP contribution in [0.25, 0.3) is 0 Å². The van der Waals surface area contributed by atoms with Crippen LogP contribution in [0.3, 0.4) is 0 Å². The molecule has 0 spiro atoms. The summed E-state index contributed by atoms with van der Waals surface area (Å²) in [7, 11) is 0.